The maximum absolute atomic E-state index is 2.39. The summed E-state index contributed by atoms with van der Waals surface area (Å²) in [6, 6.07) is 26.9. The molecule has 0 saturated carbocycles. The molecule has 0 spiro atoms. The van der Waals surface area contributed by atoms with Crippen LogP contribution >= 0.6 is 0 Å². The van der Waals surface area contributed by atoms with Crippen LogP contribution < -0.4 is 0 Å². The van der Waals surface area contributed by atoms with Crippen molar-refractivity contribution in [1.82, 2.24) is 19.6 Å². The van der Waals surface area contributed by atoms with E-state index in [1.807, 2.05) is 0 Å². The van der Waals surface area contributed by atoms with Gasteiger partial charge >= 0.3 is 0 Å². The summed E-state index contributed by atoms with van der Waals surface area (Å²) in [5.74, 6) is 0. The van der Waals surface area contributed by atoms with Gasteiger partial charge in [-0.15, -0.1) is 0 Å². The molecule has 0 atom stereocenters. The van der Waals surface area contributed by atoms with E-state index in [1.54, 1.807) is 0 Å². The molecule has 4 nitrogen and oxygen atoms in total. The molecule has 0 unspecified atom stereocenters. The number of benzene rings is 4. The first-order chi connectivity index (χ1) is 16.7. The maximum atomic E-state index is 2.39. The molecule has 0 bridgehead atoms. The number of nitrogens with zero attached hydrogens (tertiary/aromatic N) is 4. The van der Waals surface area contributed by atoms with Crippen molar-refractivity contribution in [2.45, 2.75) is 13.1 Å². The Bertz CT molecular complexity index is 1310. The van der Waals surface area contributed by atoms with Gasteiger partial charge < -0.3 is 19.6 Å². The summed E-state index contributed by atoms with van der Waals surface area (Å²) in [6.07, 6.45) is 8.71. The molecule has 2 aliphatic heterocycles. The highest BCUT2D eigenvalue weighted by molar-refractivity contribution is 6.07. The van der Waals surface area contributed by atoms with Gasteiger partial charge in [-0.05, 0) is 43.8 Å². The lowest BCUT2D eigenvalue weighted by molar-refractivity contribution is 0.290. The Hall–Kier alpha value is -3.92. The van der Waals surface area contributed by atoms with Crippen LogP contribution in [0.1, 0.15) is 11.1 Å². The van der Waals surface area contributed by atoms with Crippen molar-refractivity contribution in [1.29, 1.82) is 0 Å². The van der Waals surface area contributed by atoms with Crippen LogP contribution in [0.15, 0.2) is 97.6 Å². The average molecular weight is 447 g/mol. The van der Waals surface area contributed by atoms with Gasteiger partial charge in [0.2, 0.25) is 0 Å². The third-order valence-corrected chi connectivity index (χ3v) is 6.90. The summed E-state index contributed by atoms with van der Waals surface area (Å²) in [6.45, 7) is 3.60. The van der Waals surface area contributed by atoms with E-state index in [0.29, 0.717) is 0 Å². The smallest absolute Gasteiger partial charge is 0.0894 e. The van der Waals surface area contributed by atoms with Crippen molar-refractivity contribution >= 4 is 21.5 Å². The fourth-order valence-corrected chi connectivity index (χ4v) is 5.31. The fourth-order valence-electron chi connectivity index (χ4n) is 5.31. The standard InChI is InChI=1S/C30H30N4/c1-31-15-17-33(21-31)19-25-13-11-23-7-3-5-9-27(23)29(25)30-26(20-34-18-16-32(2)22-34)14-12-24-8-4-6-10-28(24)30/h3-18H,19-22H2,1-2H3. The van der Waals surface area contributed by atoms with Gasteiger partial charge in [-0.25, -0.2) is 0 Å². The summed E-state index contributed by atoms with van der Waals surface area (Å²) in [4.78, 5) is 9.22. The molecular weight excluding hydrogens is 416 g/mol. The zero-order chi connectivity index (χ0) is 23.1. The minimum Gasteiger partial charge on any atom is -0.362 e. The second-order valence-corrected chi connectivity index (χ2v) is 9.53. The number of rotatable bonds is 5. The number of hydrogen-bond acceptors (Lipinski definition) is 4. The van der Waals surface area contributed by atoms with Crippen molar-refractivity contribution in [3.63, 3.8) is 0 Å². The monoisotopic (exact) mass is 446 g/mol. The molecule has 0 aromatic heterocycles. The summed E-state index contributed by atoms with van der Waals surface area (Å²) in [5, 5.41) is 5.22. The highest BCUT2D eigenvalue weighted by atomic mass is 15.3. The van der Waals surface area contributed by atoms with Crippen molar-refractivity contribution in [2.24, 2.45) is 0 Å². The molecule has 6 rings (SSSR count). The Balaban J connectivity index is 1.58. The molecule has 0 amide bonds. The van der Waals surface area contributed by atoms with E-state index in [-0.39, 0.29) is 0 Å². The second kappa shape index (κ2) is 8.45. The Morgan fingerprint density at radius 2 is 0.971 bits per heavy atom. The molecule has 0 N–H and O–H groups in total. The molecule has 4 aromatic carbocycles. The maximum Gasteiger partial charge on any atom is 0.0894 e. The van der Waals surface area contributed by atoms with Gasteiger partial charge in [0.05, 0.1) is 13.3 Å². The van der Waals surface area contributed by atoms with E-state index in [2.05, 4.69) is 131 Å². The average Bonchev–Trinajstić information content (AvgIpc) is 3.46. The lowest BCUT2D eigenvalue weighted by Gasteiger charge is -2.25. The molecule has 0 aliphatic carbocycles. The van der Waals surface area contributed by atoms with Gasteiger partial charge in [0.25, 0.3) is 0 Å². The van der Waals surface area contributed by atoms with Crippen molar-refractivity contribution in [3.05, 3.63) is 109 Å². The van der Waals surface area contributed by atoms with Gasteiger partial charge in [-0.2, -0.15) is 0 Å². The minimum absolute atomic E-state index is 0.885. The van der Waals surface area contributed by atoms with Crippen LogP contribution in [0.5, 0.6) is 0 Å². The Kier molecular flexibility index (Phi) is 5.14. The van der Waals surface area contributed by atoms with Gasteiger partial charge in [-0.1, -0.05) is 72.8 Å². The fraction of sp³-hybridized carbons (Fsp3) is 0.200. The second-order valence-electron chi connectivity index (χ2n) is 9.53. The van der Waals surface area contributed by atoms with Crippen LogP contribution in [0.3, 0.4) is 0 Å². The van der Waals surface area contributed by atoms with Crippen LogP contribution in [0.2, 0.25) is 0 Å². The summed E-state index contributed by atoms with van der Waals surface area (Å²) in [5.41, 5.74) is 5.46. The zero-order valence-electron chi connectivity index (χ0n) is 19.9. The third kappa shape index (κ3) is 3.75. The Morgan fingerprint density at radius 1 is 0.529 bits per heavy atom. The zero-order valence-corrected chi connectivity index (χ0v) is 19.9. The van der Waals surface area contributed by atoms with Gasteiger partial charge in [0, 0.05) is 52.0 Å². The topological polar surface area (TPSA) is 13.0 Å². The van der Waals surface area contributed by atoms with E-state index < -0.39 is 0 Å². The minimum atomic E-state index is 0.885. The lowest BCUT2D eigenvalue weighted by Crippen LogP contribution is -2.23. The lowest BCUT2D eigenvalue weighted by atomic mass is 9.86. The van der Waals surface area contributed by atoms with Crippen LogP contribution in [0.4, 0.5) is 0 Å². The van der Waals surface area contributed by atoms with Gasteiger partial charge in [-0.3, -0.25) is 0 Å². The first kappa shape index (κ1) is 20.7. The van der Waals surface area contributed by atoms with Crippen molar-refractivity contribution in [2.75, 3.05) is 27.4 Å². The Morgan fingerprint density at radius 3 is 1.38 bits per heavy atom. The third-order valence-electron chi connectivity index (χ3n) is 6.90. The first-order valence-corrected chi connectivity index (χ1v) is 11.9. The van der Waals surface area contributed by atoms with E-state index in [0.717, 1.165) is 26.4 Å². The normalized spacial score (nSPS) is 15.5. The SMILES string of the molecule is CN1C=CN(Cc2ccc3ccccc3c2-c2c(CN3C=CN(C)C3)ccc3ccccc23)C1. The van der Waals surface area contributed by atoms with Crippen molar-refractivity contribution in [3.8, 4) is 11.1 Å². The van der Waals surface area contributed by atoms with Crippen molar-refractivity contribution < 1.29 is 0 Å². The van der Waals surface area contributed by atoms with E-state index in [1.165, 1.54) is 43.8 Å². The van der Waals surface area contributed by atoms with Crippen LogP contribution in [0, 0.1) is 0 Å². The van der Waals surface area contributed by atoms with Crippen LogP contribution in [-0.4, -0.2) is 47.0 Å². The molecule has 0 saturated heterocycles. The van der Waals surface area contributed by atoms with E-state index >= 15 is 0 Å². The summed E-state index contributed by atoms with van der Waals surface area (Å²) >= 11 is 0. The van der Waals surface area contributed by atoms with Gasteiger partial charge in [0.1, 0.15) is 0 Å². The predicted octanol–water partition coefficient (Wildman–Crippen LogP) is 6.01. The number of fused-ring (bicyclic) bond motifs is 2. The molecule has 34 heavy (non-hydrogen) atoms. The summed E-state index contributed by atoms with van der Waals surface area (Å²) in [7, 11) is 4.25. The Labute approximate surface area is 201 Å². The molecule has 2 aliphatic rings. The molecule has 4 aromatic rings. The first-order valence-electron chi connectivity index (χ1n) is 11.9. The van der Waals surface area contributed by atoms with Crippen LogP contribution in [0.25, 0.3) is 32.7 Å². The quantitative estimate of drug-likeness (QED) is 0.372. The molecule has 0 fully saturated rings. The van der Waals surface area contributed by atoms with Gasteiger partial charge in [0.15, 0.2) is 0 Å². The molecule has 4 heteroatoms. The highest BCUT2D eigenvalue weighted by Crippen LogP contribution is 2.40. The summed E-state index contributed by atoms with van der Waals surface area (Å²) < 4.78 is 0. The van der Waals surface area contributed by atoms with E-state index in [9.17, 15) is 0 Å². The molecular formula is C30H30N4. The number of hydrogen-bond donors (Lipinski definition) is 0. The van der Waals surface area contributed by atoms with E-state index in [4.69, 9.17) is 0 Å². The molecule has 170 valence electrons. The highest BCUT2D eigenvalue weighted by Gasteiger charge is 2.20. The molecule has 2 heterocycles. The largest absolute Gasteiger partial charge is 0.362 e. The predicted molar refractivity (Wildman–Crippen MR) is 142 cm³/mol. The molecule has 0 radical (unpaired) electrons. The van der Waals surface area contributed by atoms with Crippen LogP contribution in [-0.2, 0) is 13.1 Å².